The van der Waals surface area contributed by atoms with Gasteiger partial charge in [-0.1, -0.05) is 15.9 Å². The average molecular weight is 648 g/mol. The summed E-state index contributed by atoms with van der Waals surface area (Å²) in [4.78, 5) is 21.5. The number of hydrogen-bond donors (Lipinski definition) is 1. The van der Waals surface area contributed by atoms with Gasteiger partial charge in [-0.3, -0.25) is 14.3 Å². The van der Waals surface area contributed by atoms with Crippen LogP contribution in [0.4, 0.5) is 5.69 Å². The first-order valence-corrected chi connectivity index (χ1v) is 16.2. The lowest BCUT2D eigenvalue weighted by molar-refractivity contribution is -0.194. The van der Waals surface area contributed by atoms with Gasteiger partial charge in [0.05, 0.1) is 43.0 Å². The fraction of sp³-hybridized carbons (Fsp3) is 0.500. The van der Waals surface area contributed by atoms with E-state index >= 15 is 0 Å². The number of sulfonamides is 1. The van der Waals surface area contributed by atoms with Gasteiger partial charge in [0, 0.05) is 42.8 Å². The van der Waals surface area contributed by atoms with Gasteiger partial charge in [0.25, 0.3) is 10.1 Å². The van der Waals surface area contributed by atoms with Crippen LogP contribution >= 0.6 is 15.9 Å². The lowest BCUT2D eigenvalue weighted by Gasteiger charge is -2.44. The van der Waals surface area contributed by atoms with Crippen molar-refractivity contribution in [3.05, 3.63) is 53.3 Å². The third-order valence-corrected chi connectivity index (χ3v) is 9.24. The van der Waals surface area contributed by atoms with Gasteiger partial charge in [-0.15, -0.1) is 0 Å². The van der Waals surface area contributed by atoms with E-state index in [9.17, 15) is 21.6 Å². The Morgan fingerprint density at radius 1 is 1.05 bits per heavy atom. The van der Waals surface area contributed by atoms with Crippen molar-refractivity contribution in [1.82, 2.24) is 14.2 Å². The van der Waals surface area contributed by atoms with E-state index in [2.05, 4.69) is 25.8 Å². The van der Waals surface area contributed by atoms with E-state index in [1.807, 2.05) is 12.1 Å². The lowest BCUT2D eigenvalue weighted by atomic mass is 9.91. The van der Waals surface area contributed by atoms with Crippen LogP contribution in [0.25, 0.3) is 0 Å². The quantitative estimate of drug-likeness (QED) is 0.475. The van der Waals surface area contributed by atoms with E-state index in [-0.39, 0.29) is 30.5 Å². The molecular weight excluding hydrogens is 616 g/mol. The Hall–Kier alpha value is -2.14. The molecule has 1 unspecified atom stereocenters. The SMILES string of the molecule is COCC12CN(S(=O)(=O)c3ccc(Br)cc3)CC(=O)N1CC1(CCN(c3ccncc3)CC1)O2.CS(=O)(=O)O. The summed E-state index contributed by atoms with van der Waals surface area (Å²) < 4.78 is 66.8. The monoisotopic (exact) mass is 646 g/mol. The molecule has 3 fully saturated rings. The van der Waals surface area contributed by atoms with E-state index < -0.39 is 31.5 Å². The molecule has 4 heterocycles. The number of aromatic nitrogens is 1. The van der Waals surface area contributed by atoms with E-state index in [0.29, 0.717) is 12.8 Å². The van der Waals surface area contributed by atoms with Crippen molar-refractivity contribution in [2.45, 2.75) is 29.1 Å². The molecule has 39 heavy (non-hydrogen) atoms. The highest BCUT2D eigenvalue weighted by Crippen LogP contribution is 2.44. The molecule has 0 saturated carbocycles. The Labute approximate surface area is 236 Å². The first-order valence-electron chi connectivity index (χ1n) is 12.1. The van der Waals surface area contributed by atoms with Gasteiger partial charge >= 0.3 is 0 Å². The second-order valence-corrected chi connectivity index (χ2v) is 14.1. The number of piperazine rings is 1. The minimum absolute atomic E-state index is 0.0286. The Morgan fingerprint density at radius 3 is 2.21 bits per heavy atom. The van der Waals surface area contributed by atoms with Gasteiger partial charge in [0.15, 0.2) is 5.72 Å². The first kappa shape index (κ1) is 29.8. The number of methoxy groups -OCH3 is 1. The second-order valence-electron chi connectivity index (χ2n) is 9.80. The molecule has 214 valence electrons. The van der Waals surface area contributed by atoms with Crippen LogP contribution in [-0.4, -0.2) is 106 Å². The van der Waals surface area contributed by atoms with E-state index in [4.69, 9.17) is 14.0 Å². The predicted molar refractivity (Wildman–Crippen MR) is 146 cm³/mol. The molecule has 1 atom stereocenters. The molecule has 0 bridgehead atoms. The van der Waals surface area contributed by atoms with Crippen molar-refractivity contribution in [1.29, 1.82) is 0 Å². The number of halogens is 1. The lowest BCUT2D eigenvalue weighted by Crippen LogP contribution is -2.65. The van der Waals surface area contributed by atoms with E-state index in [0.717, 1.165) is 36.1 Å². The fourth-order valence-corrected chi connectivity index (χ4v) is 6.91. The number of rotatable bonds is 5. The number of anilines is 1. The van der Waals surface area contributed by atoms with Crippen LogP contribution < -0.4 is 4.90 Å². The summed E-state index contributed by atoms with van der Waals surface area (Å²) in [7, 11) is -6.00. The number of nitrogens with zero attached hydrogens (tertiary/aromatic N) is 4. The minimum Gasteiger partial charge on any atom is -0.380 e. The summed E-state index contributed by atoms with van der Waals surface area (Å²) in [6.45, 7) is 1.89. The zero-order valence-corrected chi connectivity index (χ0v) is 24.8. The predicted octanol–water partition coefficient (Wildman–Crippen LogP) is 1.59. The number of piperidine rings is 1. The van der Waals surface area contributed by atoms with E-state index in [1.165, 1.54) is 16.4 Å². The van der Waals surface area contributed by atoms with Crippen molar-refractivity contribution < 1.29 is 35.7 Å². The molecule has 3 aliphatic rings. The highest BCUT2D eigenvalue weighted by molar-refractivity contribution is 9.10. The maximum Gasteiger partial charge on any atom is 0.261 e. The molecule has 2 aromatic rings. The number of ether oxygens (including phenoxy) is 2. The fourth-order valence-electron chi connectivity index (χ4n) is 5.22. The average Bonchev–Trinajstić information content (AvgIpc) is 3.18. The van der Waals surface area contributed by atoms with Crippen LogP contribution in [0.15, 0.2) is 58.2 Å². The Bertz CT molecular complexity index is 1380. The summed E-state index contributed by atoms with van der Waals surface area (Å²) in [5.74, 6) is -0.266. The van der Waals surface area contributed by atoms with E-state index in [1.54, 1.807) is 36.5 Å². The standard InChI is InChI=1S/C23H27BrN4O5S.CH4O3S/c1-32-17-23-16-27(34(30,31)20-4-2-18(24)3-5-20)14-21(29)28(23)15-22(33-23)8-12-26(13-9-22)19-6-10-25-11-7-19;1-5(2,3)4/h2-7,10-11H,8-9,12-17H2,1H3;1H3,(H,2,3,4). The van der Waals surface area contributed by atoms with Gasteiger partial charge in [-0.25, -0.2) is 8.42 Å². The van der Waals surface area contributed by atoms with Gasteiger partial charge in [0.2, 0.25) is 15.9 Å². The summed E-state index contributed by atoms with van der Waals surface area (Å²) >= 11 is 3.33. The molecule has 5 rings (SSSR count). The molecule has 1 N–H and O–H groups in total. The van der Waals surface area contributed by atoms with Crippen LogP contribution in [0.2, 0.25) is 0 Å². The summed E-state index contributed by atoms with van der Waals surface area (Å²) in [6.07, 6.45) is 5.72. The maximum atomic E-state index is 13.4. The molecule has 1 aromatic heterocycles. The van der Waals surface area contributed by atoms with Crippen LogP contribution in [0.3, 0.4) is 0 Å². The summed E-state index contributed by atoms with van der Waals surface area (Å²) in [6, 6.07) is 10.4. The largest absolute Gasteiger partial charge is 0.380 e. The molecule has 0 aliphatic carbocycles. The van der Waals surface area contributed by atoms with Gasteiger partial charge in [-0.05, 0) is 49.2 Å². The molecule has 12 nitrogen and oxygen atoms in total. The molecule has 1 aromatic carbocycles. The van der Waals surface area contributed by atoms with Crippen molar-refractivity contribution >= 4 is 47.7 Å². The second kappa shape index (κ2) is 11.4. The molecule has 0 radical (unpaired) electrons. The first-order chi connectivity index (χ1) is 18.3. The van der Waals surface area contributed by atoms with Crippen LogP contribution in [-0.2, 0) is 34.4 Å². The van der Waals surface area contributed by atoms with Gasteiger partial charge < -0.3 is 19.3 Å². The Morgan fingerprint density at radius 2 is 1.64 bits per heavy atom. The van der Waals surface area contributed by atoms with Crippen LogP contribution in [0.5, 0.6) is 0 Å². The number of carbonyl (C=O) groups excluding carboxylic acids is 1. The molecule has 3 aliphatic heterocycles. The van der Waals surface area contributed by atoms with Crippen molar-refractivity contribution in [3.63, 3.8) is 0 Å². The molecule has 1 spiro atoms. The number of fused-ring (bicyclic) bond motifs is 1. The highest BCUT2D eigenvalue weighted by atomic mass is 79.9. The Kier molecular flexibility index (Phi) is 8.71. The maximum absolute atomic E-state index is 13.4. The van der Waals surface area contributed by atoms with Crippen molar-refractivity contribution in [2.24, 2.45) is 0 Å². The van der Waals surface area contributed by atoms with Crippen molar-refractivity contribution in [2.75, 3.05) is 57.6 Å². The van der Waals surface area contributed by atoms with Crippen LogP contribution in [0.1, 0.15) is 12.8 Å². The van der Waals surface area contributed by atoms with Gasteiger partial charge in [0.1, 0.15) is 0 Å². The molecular formula is C24H31BrN4O8S2. The third-order valence-electron chi connectivity index (χ3n) is 6.90. The third kappa shape index (κ3) is 6.78. The van der Waals surface area contributed by atoms with Gasteiger partial charge in [-0.2, -0.15) is 12.7 Å². The molecule has 1 amide bonds. The van der Waals surface area contributed by atoms with Crippen LogP contribution in [0, 0.1) is 0 Å². The number of amides is 1. The minimum atomic E-state index is -3.88. The normalized spacial score (nSPS) is 23.3. The topological polar surface area (TPSA) is 147 Å². The molecule has 15 heteroatoms. The van der Waals surface area contributed by atoms with Crippen molar-refractivity contribution in [3.8, 4) is 0 Å². The smallest absolute Gasteiger partial charge is 0.261 e. The number of pyridine rings is 1. The number of carbonyl (C=O) groups is 1. The number of hydrogen-bond acceptors (Lipinski definition) is 9. The Balaban J connectivity index is 0.000000648. The number of benzene rings is 1. The summed E-state index contributed by atoms with van der Waals surface area (Å²) in [5.41, 5.74) is -0.574. The zero-order chi connectivity index (χ0) is 28.5. The molecule has 3 saturated heterocycles. The zero-order valence-electron chi connectivity index (χ0n) is 21.6. The highest BCUT2D eigenvalue weighted by Gasteiger charge is 2.60. The summed E-state index contributed by atoms with van der Waals surface area (Å²) in [5, 5.41) is 0.